The molecule has 0 heterocycles. The van der Waals surface area contributed by atoms with Crippen molar-refractivity contribution in [1.29, 1.82) is 0 Å². The molecule has 0 radical (unpaired) electrons. The number of hydrogen-bond donors (Lipinski definition) is 1. The van der Waals surface area contributed by atoms with Gasteiger partial charge >= 0.3 is 0 Å². The molecule has 0 aliphatic heterocycles. The van der Waals surface area contributed by atoms with Crippen LogP contribution in [0.4, 0.5) is 0 Å². The summed E-state index contributed by atoms with van der Waals surface area (Å²) in [5.41, 5.74) is 0. The smallest absolute Gasteiger partial charge is 0.214 e. The minimum Gasteiger partial charge on any atom is -0.215 e. The Morgan fingerprint density at radius 3 is 2.00 bits per heavy atom. The third-order valence-corrected chi connectivity index (χ3v) is 5.25. The van der Waals surface area contributed by atoms with Crippen molar-refractivity contribution in [3.05, 3.63) is 0 Å². The Morgan fingerprint density at radius 1 is 0.941 bits per heavy atom. The molecular weight excluding hydrogens is 234 g/mol. The van der Waals surface area contributed by atoms with Gasteiger partial charge in [-0.05, 0) is 19.3 Å². The molecule has 0 aromatic carbocycles. The van der Waals surface area contributed by atoms with Gasteiger partial charge in [0.15, 0.2) is 0 Å². The fourth-order valence-corrected chi connectivity index (χ4v) is 3.39. The monoisotopic (exact) mass is 261 g/mol. The Labute approximate surface area is 106 Å². The van der Waals surface area contributed by atoms with E-state index in [-0.39, 0.29) is 5.25 Å². The topological polar surface area (TPSA) is 46.2 Å². The van der Waals surface area contributed by atoms with E-state index in [0.29, 0.717) is 6.54 Å². The first-order valence-corrected chi connectivity index (χ1v) is 8.70. The quantitative estimate of drug-likeness (QED) is 0.580. The molecular formula is C13H27NO2S. The lowest BCUT2D eigenvalue weighted by Gasteiger charge is -2.05. The summed E-state index contributed by atoms with van der Waals surface area (Å²) in [6, 6.07) is 0. The molecule has 3 nitrogen and oxygen atoms in total. The van der Waals surface area contributed by atoms with Gasteiger partial charge in [-0.25, -0.2) is 13.1 Å². The van der Waals surface area contributed by atoms with Crippen LogP contribution in [0.25, 0.3) is 0 Å². The van der Waals surface area contributed by atoms with Crippen LogP contribution in [0.2, 0.25) is 0 Å². The lowest BCUT2D eigenvalue weighted by atomic mass is 10.1. The van der Waals surface area contributed by atoms with Gasteiger partial charge in [0.1, 0.15) is 0 Å². The van der Waals surface area contributed by atoms with Crippen LogP contribution in [-0.4, -0.2) is 20.2 Å². The lowest BCUT2D eigenvalue weighted by molar-refractivity contribution is 0.558. The molecule has 0 spiro atoms. The van der Waals surface area contributed by atoms with Crippen molar-refractivity contribution < 1.29 is 8.42 Å². The minimum atomic E-state index is -2.94. The molecule has 4 heteroatoms. The molecule has 1 N–H and O–H groups in total. The largest absolute Gasteiger partial charge is 0.215 e. The average molecular weight is 261 g/mol. The highest BCUT2D eigenvalue weighted by Gasteiger charge is 2.34. The standard InChI is InChI=1S/C13H27NO2S/c1-2-3-4-5-6-7-8-9-12-14-17(15,16)13-10-11-13/h13-14H,2-12H2,1H3. The van der Waals surface area contributed by atoms with E-state index in [1.54, 1.807) is 0 Å². The SMILES string of the molecule is CCCCCCCCCCNS(=O)(=O)C1CC1. The van der Waals surface area contributed by atoms with Gasteiger partial charge in [-0.1, -0.05) is 51.9 Å². The van der Waals surface area contributed by atoms with Gasteiger partial charge in [0.05, 0.1) is 5.25 Å². The summed E-state index contributed by atoms with van der Waals surface area (Å²) < 4.78 is 25.7. The van der Waals surface area contributed by atoms with Crippen LogP contribution in [-0.2, 0) is 10.0 Å². The van der Waals surface area contributed by atoms with Crippen LogP contribution in [0.5, 0.6) is 0 Å². The van der Waals surface area contributed by atoms with Gasteiger partial charge in [0, 0.05) is 6.54 Å². The maximum absolute atomic E-state index is 11.5. The molecule has 1 aliphatic carbocycles. The highest BCUT2D eigenvalue weighted by molar-refractivity contribution is 7.90. The summed E-state index contributed by atoms with van der Waals surface area (Å²) in [5, 5.41) is -0.0726. The van der Waals surface area contributed by atoms with Gasteiger partial charge < -0.3 is 0 Å². The molecule has 0 atom stereocenters. The predicted molar refractivity (Wildman–Crippen MR) is 72.6 cm³/mol. The number of hydrogen-bond acceptors (Lipinski definition) is 2. The summed E-state index contributed by atoms with van der Waals surface area (Å²) in [4.78, 5) is 0. The zero-order valence-corrected chi connectivity index (χ0v) is 11.9. The number of unbranched alkanes of at least 4 members (excludes halogenated alkanes) is 7. The van der Waals surface area contributed by atoms with Crippen molar-refractivity contribution >= 4 is 10.0 Å². The fraction of sp³-hybridized carbons (Fsp3) is 1.00. The second-order valence-electron chi connectivity index (χ2n) is 5.11. The second kappa shape index (κ2) is 8.09. The fourth-order valence-electron chi connectivity index (χ4n) is 1.97. The van der Waals surface area contributed by atoms with E-state index in [4.69, 9.17) is 0 Å². The first kappa shape index (κ1) is 15.0. The molecule has 0 saturated heterocycles. The van der Waals surface area contributed by atoms with Crippen molar-refractivity contribution in [3.63, 3.8) is 0 Å². The summed E-state index contributed by atoms with van der Waals surface area (Å²) in [6.07, 6.45) is 11.7. The average Bonchev–Trinajstić information content (AvgIpc) is 3.11. The van der Waals surface area contributed by atoms with E-state index >= 15 is 0 Å². The summed E-state index contributed by atoms with van der Waals surface area (Å²) in [6.45, 7) is 2.86. The highest BCUT2D eigenvalue weighted by atomic mass is 32.2. The molecule has 1 rings (SSSR count). The van der Waals surface area contributed by atoms with Crippen molar-refractivity contribution in [1.82, 2.24) is 4.72 Å². The molecule has 1 fully saturated rings. The summed E-state index contributed by atoms with van der Waals surface area (Å²) >= 11 is 0. The Morgan fingerprint density at radius 2 is 1.47 bits per heavy atom. The lowest BCUT2D eigenvalue weighted by Crippen LogP contribution is -2.28. The van der Waals surface area contributed by atoms with Gasteiger partial charge in [-0.3, -0.25) is 0 Å². The number of sulfonamides is 1. The maximum Gasteiger partial charge on any atom is 0.214 e. The Balaban J connectivity index is 1.84. The van der Waals surface area contributed by atoms with Crippen LogP contribution >= 0.6 is 0 Å². The van der Waals surface area contributed by atoms with Crippen LogP contribution in [0.1, 0.15) is 71.1 Å². The van der Waals surface area contributed by atoms with Crippen molar-refractivity contribution in [2.75, 3.05) is 6.54 Å². The van der Waals surface area contributed by atoms with E-state index in [1.807, 2.05) is 0 Å². The molecule has 0 aromatic rings. The molecule has 0 unspecified atom stereocenters. The van der Waals surface area contributed by atoms with E-state index in [9.17, 15) is 8.42 Å². The molecule has 1 aliphatic rings. The first-order chi connectivity index (χ1) is 8.17. The Bertz CT molecular complexity index is 284. The minimum absolute atomic E-state index is 0.0726. The van der Waals surface area contributed by atoms with E-state index in [1.165, 1.54) is 38.5 Å². The number of rotatable bonds is 11. The van der Waals surface area contributed by atoms with E-state index in [0.717, 1.165) is 25.7 Å². The highest BCUT2D eigenvalue weighted by Crippen LogP contribution is 2.27. The molecule has 0 amide bonds. The van der Waals surface area contributed by atoms with Crippen molar-refractivity contribution in [2.24, 2.45) is 0 Å². The van der Waals surface area contributed by atoms with E-state index in [2.05, 4.69) is 11.6 Å². The van der Waals surface area contributed by atoms with Crippen LogP contribution in [0.3, 0.4) is 0 Å². The molecule has 102 valence electrons. The predicted octanol–water partition coefficient (Wildman–Crippen LogP) is 3.21. The third kappa shape index (κ3) is 7.04. The van der Waals surface area contributed by atoms with Gasteiger partial charge in [0.25, 0.3) is 0 Å². The molecule has 1 saturated carbocycles. The Hall–Kier alpha value is -0.0900. The van der Waals surface area contributed by atoms with Gasteiger partial charge in [-0.15, -0.1) is 0 Å². The van der Waals surface area contributed by atoms with Crippen LogP contribution in [0, 0.1) is 0 Å². The first-order valence-electron chi connectivity index (χ1n) is 7.15. The van der Waals surface area contributed by atoms with Gasteiger partial charge in [-0.2, -0.15) is 0 Å². The molecule has 17 heavy (non-hydrogen) atoms. The normalized spacial score (nSPS) is 16.3. The van der Waals surface area contributed by atoms with Crippen LogP contribution in [0.15, 0.2) is 0 Å². The van der Waals surface area contributed by atoms with Crippen molar-refractivity contribution in [2.45, 2.75) is 76.4 Å². The Kier molecular flexibility index (Phi) is 7.12. The third-order valence-electron chi connectivity index (χ3n) is 3.30. The second-order valence-corrected chi connectivity index (χ2v) is 7.16. The maximum atomic E-state index is 11.5. The zero-order chi connectivity index (χ0) is 12.6. The number of nitrogens with one attached hydrogen (secondary N) is 1. The summed E-state index contributed by atoms with van der Waals surface area (Å²) in [7, 11) is -2.94. The van der Waals surface area contributed by atoms with Gasteiger partial charge in [0.2, 0.25) is 10.0 Å². The van der Waals surface area contributed by atoms with E-state index < -0.39 is 10.0 Å². The molecule has 0 aromatic heterocycles. The summed E-state index contributed by atoms with van der Waals surface area (Å²) in [5.74, 6) is 0. The van der Waals surface area contributed by atoms with Crippen LogP contribution < -0.4 is 4.72 Å². The van der Waals surface area contributed by atoms with Crippen molar-refractivity contribution in [3.8, 4) is 0 Å². The zero-order valence-electron chi connectivity index (χ0n) is 11.1. The molecule has 0 bridgehead atoms.